The maximum Gasteiger partial charge on any atom is 0.265 e. The molecule has 2 atom stereocenters. The molecule has 0 bridgehead atoms. The summed E-state index contributed by atoms with van der Waals surface area (Å²) in [6, 6.07) is 2.93. The van der Waals surface area contributed by atoms with Gasteiger partial charge in [0, 0.05) is 0 Å². The second-order valence-electron chi connectivity index (χ2n) is 4.30. The average Bonchev–Trinajstić information content (AvgIpc) is 2.39. The first kappa shape index (κ1) is 13.3. The molecule has 0 saturated heterocycles. The minimum absolute atomic E-state index is 0.192. The number of likely N-dealkylation sites (N-methyl/N-ethyl adjacent to an activating group) is 1. The molecule has 102 valence electrons. The maximum absolute atomic E-state index is 11.7. The number of pyridine rings is 1. The van der Waals surface area contributed by atoms with E-state index in [0.29, 0.717) is 17.4 Å². The van der Waals surface area contributed by atoms with Crippen molar-refractivity contribution in [3.8, 4) is 5.88 Å². The third kappa shape index (κ3) is 2.82. The number of carbonyl (C=O) groups excluding carboxylic acids is 2. The summed E-state index contributed by atoms with van der Waals surface area (Å²) in [6.07, 6.45) is -0.595. The van der Waals surface area contributed by atoms with Crippen LogP contribution in [0.5, 0.6) is 5.88 Å². The fourth-order valence-corrected chi connectivity index (χ4v) is 1.52. The van der Waals surface area contributed by atoms with E-state index in [9.17, 15) is 9.59 Å². The van der Waals surface area contributed by atoms with Crippen LogP contribution in [0.4, 0.5) is 11.5 Å². The fraction of sp³-hybridized carbons (Fsp3) is 0.417. The topological polar surface area (TPSA) is 92.3 Å². The summed E-state index contributed by atoms with van der Waals surface area (Å²) >= 11 is 0. The quantitative estimate of drug-likeness (QED) is 0.732. The Balaban J connectivity index is 2.15. The molecule has 0 spiro atoms. The number of nitrogens with one attached hydrogen (secondary N) is 3. The van der Waals surface area contributed by atoms with Gasteiger partial charge in [-0.2, -0.15) is 4.98 Å². The average molecular weight is 264 g/mol. The van der Waals surface area contributed by atoms with Gasteiger partial charge in [0.05, 0.1) is 6.04 Å². The van der Waals surface area contributed by atoms with E-state index in [-0.39, 0.29) is 17.9 Å². The zero-order valence-electron chi connectivity index (χ0n) is 11.0. The minimum Gasteiger partial charge on any atom is -0.463 e. The lowest BCUT2D eigenvalue weighted by atomic mass is 10.2. The van der Waals surface area contributed by atoms with Crippen LogP contribution in [0.3, 0.4) is 0 Å². The summed E-state index contributed by atoms with van der Waals surface area (Å²) in [5, 5.41) is 8.17. The summed E-state index contributed by atoms with van der Waals surface area (Å²) in [4.78, 5) is 27.3. The molecule has 1 aromatic heterocycles. The number of hydrogen-bond acceptors (Lipinski definition) is 5. The predicted octanol–water partition coefficient (Wildman–Crippen LogP) is 0.347. The lowest BCUT2D eigenvalue weighted by Gasteiger charge is -2.22. The Hall–Kier alpha value is -2.15. The van der Waals surface area contributed by atoms with E-state index in [1.807, 2.05) is 0 Å². The smallest absolute Gasteiger partial charge is 0.265 e. The number of hydrogen-bond donors (Lipinski definition) is 3. The molecule has 0 aromatic carbocycles. The first-order valence-electron chi connectivity index (χ1n) is 5.98. The molecule has 1 aliphatic heterocycles. The van der Waals surface area contributed by atoms with E-state index < -0.39 is 6.10 Å². The minimum atomic E-state index is -0.595. The van der Waals surface area contributed by atoms with Crippen molar-refractivity contribution >= 4 is 23.3 Å². The number of fused-ring (bicyclic) bond motifs is 1. The highest BCUT2D eigenvalue weighted by atomic mass is 16.5. The van der Waals surface area contributed by atoms with Crippen LogP contribution in [0.1, 0.15) is 13.8 Å². The number of anilines is 2. The Morgan fingerprint density at radius 3 is 2.95 bits per heavy atom. The Morgan fingerprint density at radius 2 is 2.26 bits per heavy atom. The zero-order valence-corrected chi connectivity index (χ0v) is 11.0. The summed E-state index contributed by atoms with van der Waals surface area (Å²) < 4.78 is 5.36. The van der Waals surface area contributed by atoms with Gasteiger partial charge in [0.25, 0.3) is 5.91 Å². The second kappa shape index (κ2) is 5.23. The van der Waals surface area contributed by atoms with Gasteiger partial charge in [-0.3, -0.25) is 9.59 Å². The van der Waals surface area contributed by atoms with Gasteiger partial charge in [-0.15, -0.1) is 0 Å². The molecule has 7 heteroatoms. The molecule has 7 nitrogen and oxygen atoms in total. The summed E-state index contributed by atoms with van der Waals surface area (Å²) in [5.41, 5.74) is 0.503. The van der Waals surface area contributed by atoms with Crippen LogP contribution >= 0.6 is 0 Å². The maximum atomic E-state index is 11.7. The number of nitrogens with zero attached hydrogens (tertiary/aromatic N) is 1. The summed E-state index contributed by atoms with van der Waals surface area (Å²) in [7, 11) is 1.70. The molecule has 2 heterocycles. The van der Waals surface area contributed by atoms with Crippen molar-refractivity contribution in [2.45, 2.75) is 26.0 Å². The van der Waals surface area contributed by atoms with Crippen LogP contribution in [0.2, 0.25) is 0 Å². The molecule has 19 heavy (non-hydrogen) atoms. The van der Waals surface area contributed by atoms with Crippen molar-refractivity contribution < 1.29 is 14.3 Å². The van der Waals surface area contributed by atoms with Crippen molar-refractivity contribution in [1.82, 2.24) is 10.3 Å². The largest absolute Gasteiger partial charge is 0.463 e. The van der Waals surface area contributed by atoms with E-state index in [0.717, 1.165) is 0 Å². The van der Waals surface area contributed by atoms with Gasteiger partial charge in [0.1, 0.15) is 11.5 Å². The Bertz CT molecular complexity index is 518. The van der Waals surface area contributed by atoms with E-state index in [4.69, 9.17) is 4.74 Å². The molecule has 0 fully saturated rings. The molecule has 2 amide bonds. The van der Waals surface area contributed by atoms with Gasteiger partial charge in [-0.25, -0.2) is 0 Å². The predicted molar refractivity (Wildman–Crippen MR) is 70.1 cm³/mol. The zero-order chi connectivity index (χ0) is 14.0. The van der Waals surface area contributed by atoms with Crippen molar-refractivity contribution in [2.24, 2.45) is 0 Å². The van der Waals surface area contributed by atoms with E-state index in [1.54, 1.807) is 33.0 Å². The van der Waals surface area contributed by atoms with Crippen LogP contribution in [0.25, 0.3) is 0 Å². The van der Waals surface area contributed by atoms with Crippen LogP contribution in [-0.2, 0) is 9.59 Å². The lowest BCUT2D eigenvalue weighted by molar-refractivity contribution is -0.123. The van der Waals surface area contributed by atoms with E-state index in [2.05, 4.69) is 20.9 Å². The SMILES string of the molecule is CN[C@@H](C)C(=O)Nc1ccc2c(n1)O[C@@H](C)C(=O)N2. The molecule has 3 N–H and O–H groups in total. The molecule has 1 aliphatic rings. The molecule has 0 saturated carbocycles. The third-order valence-corrected chi connectivity index (χ3v) is 2.85. The first-order chi connectivity index (χ1) is 9.01. The third-order valence-electron chi connectivity index (χ3n) is 2.85. The summed E-state index contributed by atoms with van der Waals surface area (Å²) in [5.74, 6) is 0.286. The fourth-order valence-electron chi connectivity index (χ4n) is 1.52. The number of carbonyl (C=O) groups is 2. The molecule has 0 aliphatic carbocycles. The number of aromatic nitrogens is 1. The van der Waals surface area contributed by atoms with Crippen LogP contribution < -0.4 is 20.7 Å². The van der Waals surface area contributed by atoms with Gasteiger partial charge in [0.2, 0.25) is 11.8 Å². The Kier molecular flexibility index (Phi) is 3.66. The highest BCUT2D eigenvalue weighted by Gasteiger charge is 2.25. The van der Waals surface area contributed by atoms with Gasteiger partial charge in [-0.05, 0) is 33.0 Å². The molecular formula is C12H16N4O3. The van der Waals surface area contributed by atoms with Crippen LogP contribution in [0.15, 0.2) is 12.1 Å². The second-order valence-corrected chi connectivity index (χ2v) is 4.30. The lowest BCUT2D eigenvalue weighted by Crippen LogP contribution is -2.36. The van der Waals surface area contributed by atoms with Gasteiger partial charge in [0.15, 0.2) is 6.10 Å². The van der Waals surface area contributed by atoms with Crippen molar-refractivity contribution in [2.75, 3.05) is 17.7 Å². The number of amides is 2. The monoisotopic (exact) mass is 264 g/mol. The molecule has 2 rings (SSSR count). The first-order valence-corrected chi connectivity index (χ1v) is 5.98. The van der Waals surface area contributed by atoms with Gasteiger partial charge < -0.3 is 20.7 Å². The van der Waals surface area contributed by atoms with Crippen molar-refractivity contribution in [3.05, 3.63) is 12.1 Å². The standard InChI is InChI=1S/C12H16N4O3/c1-6(13-3)10(17)15-9-5-4-8-12(16-9)19-7(2)11(18)14-8/h4-7,13H,1-3H3,(H,14,18)(H,15,16,17)/t6-,7-/m0/s1. The van der Waals surface area contributed by atoms with E-state index in [1.165, 1.54) is 0 Å². The molecule has 1 aromatic rings. The highest BCUT2D eigenvalue weighted by molar-refractivity contribution is 5.98. The van der Waals surface area contributed by atoms with Crippen LogP contribution in [-0.4, -0.2) is 36.0 Å². The summed E-state index contributed by atoms with van der Waals surface area (Å²) in [6.45, 7) is 3.38. The molecule has 0 unspecified atom stereocenters. The Labute approximate surface area is 110 Å². The van der Waals surface area contributed by atoms with Gasteiger partial charge >= 0.3 is 0 Å². The molecule has 0 radical (unpaired) electrons. The van der Waals surface area contributed by atoms with Crippen LogP contribution in [0, 0.1) is 0 Å². The van der Waals surface area contributed by atoms with E-state index >= 15 is 0 Å². The Morgan fingerprint density at radius 1 is 1.53 bits per heavy atom. The molecular weight excluding hydrogens is 248 g/mol. The van der Waals surface area contributed by atoms with Crippen molar-refractivity contribution in [1.29, 1.82) is 0 Å². The highest BCUT2D eigenvalue weighted by Crippen LogP contribution is 2.28. The van der Waals surface area contributed by atoms with Gasteiger partial charge in [-0.1, -0.05) is 0 Å². The normalized spacial score (nSPS) is 18.9. The van der Waals surface area contributed by atoms with Crippen molar-refractivity contribution in [3.63, 3.8) is 0 Å². The number of ether oxygens (including phenoxy) is 1. The number of rotatable bonds is 3.